The van der Waals surface area contributed by atoms with Gasteiger partial charge in [-0.2, -0.15) is 0 Å². The zero-order valence-electron chi connectivity index (χ0n) is 26.5. The number of epoxide rings is 6. The molecule has 0 amide bonds. The van der Waals surface area contributed by atoms with Crippen LogP contribution in [0.4, 0.5) is 0 Å². The molecule has 6 atom stereocenters. The molecular formula is C35H46N2O8. The maximum absolute atomic E-state index is 6.42. The molecule has 6 heterocycles. The molecule has 244 valence electrons. The average molecular weight is 623 g/mol. The molecule has 0 aromatic heterocycles. The van der Waals surface area contributed by atoms with Crippen molar-refractivity contribution in [3.05, 3.63) is 57.6 Å². The molecule has 6 fully saturated rings. The third-order valence-electron chi connectivity index (χ3n) is 9.23. The third-order valence-corrected chi connectivity index (χ3v) is 9.23. The number of benzene rings is 2. The van der Waals surface area contributed by atoms with Gasteiger partial charge in [-0.05, 0) is 60.2 Å². The smallest absolute Gasteiger partial charge is 0.126 e. The Morgan fingerprint density at radius 2 is 1.07 bits per heavy atom. The molecule has 6 unspecified atom stereocenters. The predicted octanol–water partition coefficient (Wildman–Crippen LogP) is 2.65. The van der Waals surface area contributed by atoms with Crippen LogP contribution in [-0.4, -0.2) is 125 Å². The van der Waals surface area contributed by atoms with E-state index < -0.39 is 0 Å². The lowest BCUT2D eigenvalue weighted by Crippen LogP contribution is -2.32. The van der Waals surface area contributed by atoms with Crippen molar-refractivity contribution >= 4 is 0 Å². The van der Waals surface area contributed by atoms with E-state index in [2.05, 4.69) is 47.9 Å². The Labute approximate surface area is 265 Å². The number of hydrogen-bond acceptors (Lipinski definition) is 10. The standard InChI is InChI=1S/C35H46N2O8/c1-22-4-27(38-18-32-19-43-32)7-25(8-36(10-28-14-39-28)11-29-15-40-29)34(22)6-24-3-23(2)35(45-21-33-20-44-33)26(5-24)9-37(12-30-16-41-30)13-31-17-42-31/h3-5,7,28-33H,6,8-21H2,1-2H3. The first-order chi connectivity index (χ1) is 22.0. The van der Waals surface area contributed by atoms with E-state index in [0.29, 0.717) is 37.6 Å². The molecular weight excluding hydrogens is 576 g/mol. The van der Waals surface area contributed by atoms with E-state index in [9.17, 15) is 0 Å². The Bertz CT molecular complexity index is 1320. The second-order valence-electron chi connectivity index (χ2n) is 13.7. The molecule has 6 aliphatic rings. The van der Waals surface area contributed by atoms with Crippen LogP contribution in [0.3, 0.4) is 0 Å². The van der Waals surface area contributed by atoms with E-state index in [1.807, 2.05) is 0 Å². The highest BCUT2D eigenvalue weighted by atomic mass is 16.6. The molecule has 10 nitrogen and oxygen atoms in total. The van der Waals surface area contributed by atoms with Crippen molar-refractivity contribution < 1.29 is 37.9 Å². The molecule has 6 saturated heterocycles. The monoisotopic (exact) mass is 622 g/mol. The first-order valence-corrected chi connectivity index (χ1v) is 16.7. The number of ether oxygens (including phenoxy) is 8. The van der Waals surface area contributed by atoms with Gasteiger partial charge in [-0.15, -0.1) is 0 Å². The molecule has 2 aromatic carbocycles. The summed E-state index contributed by atoms with van der Waals surface area (Å²) >= 11 is 0. The van der Waals surface area contributed by atoms with Crippen LogP contribution in [0.1, 0.15) is 33.4 Å². The highest BCUT2D eigenvalue weighted by molar-refractivity contribution is 5.49. The van der Waals surface area contributed by atoms with E-state index in [-0.39, 0.29) is 12.2 Å². The van der Waals surface area contributed by atoms with Gasteiger partial charge in [-0.1, -0.05) is 12.1 Å². The van der Waals surface area contributed by atoms with Crippen LogP contribution >= 0.6 is 0 Å². The minimum Gasteiger partial charge on any atom is -0.491 e. The van der Waals surface area contributed by atoms with Gasteiger partial charge in [0.05, 0.1) is 64.1 Å². The van der Waals surface area contributed by atoms with Crippen LogP contribution < -0.4 is 9.47 Å². The van der Waals surface area contributed by atoms with Gasteiger partial charge in [0.2, 0.25) is 0 Å². The summed E-state index contributed by atoms with van der Waals surface area (Å²) in [6.07, 6.45) is 2.54. The van der Waals surface area contributed by atoms with Gasteiger partial charge >= 0.3 is 0 Å². The van der Waals surface area contributed by atoms with Crippen molar-refractivity contribution in [2.24, 2.45) is 0 Å². The Hall–Kier alpha value is -2.28. The number of aryl methyl sites for hydroxylation is 2. The van der Waals surface area contributed by atoms with Gasteiger partial charge in [0.1, 0.15) is 36.9 Å². The summed E-state index contributed by atoms with van der Waals surface area (Å²) in [5.74, 6) is 1.89. The molecule has 8 rings (SSSR count). The first-order valence-electron chi connectivity index (χ1n) is 16.7. The first kappa shape index (κ1) is 30.1. The zero-order chi connectivity index (χ0) is 30.3. The Balaban J connectivity index is 1.07. The Morgan fingerprint density at radius 3 is 1.58 bits per heavy atom. The van der Waals surface area contributed by atoms with E-state index in [0.717, 1.165) is 102 Å². The highest BCUT2D eigenvalue weighted by Gasteiger charge is 2.33. The average Bonchev–Trinajstić information content (AvgIpc) is 3.76. The van der Waals surface area contributed by atoms with Crippen molar-refractivity contribution in [1.82, 2.24) is 9.80 Å². The second kappa shape index (κ2) is 13.1. The summed E-state index contributed by atoms with van der Waals surface area (Å²) in [4.78, 5) is 4.96. The van der Waals surface area contributed by atoms with E-state index in [1.165, 1.54) is 27.8 Å². The van der Waals surface area contributed by atoms with Gasteiger partial charge in [0.15, 0.2) is 0 Å². The molecule has 0 bridgehead atoms. The molecule has 6 aliphatic heterocycles. The van der Waals surface area contributed by atoms with Crippen LogP contribution in [0.5, 0.6) is 11.5 Å². The summed E-state index contributed by atoms with van der Waals surface area (Å²) in [7, 11) is 0. The molecule has 0 radical (unpaired) electrons. The minimum absolute atomic E-state index is 0.204. The maximum atomic E-state index is 6.42. The lowest BCUT2D eigenvalue weighted by atomic mass is 9.92. The summed E-state index contributed by atoms with van der Waals surface area (Å²) < 4.78 is 46.0. The van der Waals surface area contributed by atoms with Crippen molar-refractivity contribution in [2.75, 3.05) is 79.0 Å². The van der Waals surface area contributed by atoms with Crippen LogP contribution in [0.25, 0.3) is 0 Å². The second-order valence-corrected chi connectivity index (χ2v) is 13.7. The van der Waals surface area contributed by atoms with Crippen molar-refractivity contribution in [3.8, 4) is 11.5 Å². The van der Waals surface area contributed by atoms with E-state index in [1.54, 1.807) is 0 Å². The topological polar surface area (TPSA) is 100 Å². The molecule has 0 saturated carbocycles. The van der Waals surface area contributed by atoms with Crippen LogP contribution in [0.2, 0.25) is 0 Å². The molecule has 0 aliphatic carbocycles. The molecule has 0 spiro atoms. The summed E-state index contributed by atoms with van der Waals surface area (Å²) in [6.45, 7) is 15.8. The SMILES string of the molecule is Cc1cc(OCC2CO2)cc(CN(CC2CO2)CC2CO2)c1Cc1cc(C)c(OCC2CO2)c(CN(CC2CO2)CC2CO2)c1. The van der Waals surface area contributed by atoms with E-state index in [4.69, 9.17) is 37.9 Å². The number of hydrogen-bond donors (Lipinski definition) is 0. The number of nitrogens with zero attached hydrogens (tertiary/aromatic N) is 2. The quantitative estimate of drug-likeness (QED) is 0.205. The lowest BCUT2D eigenvalue weighted by molar-refractivity contribution is 0.207. The summed E-state index contributed by atoms with van der Waals surface area (Å²) in [6, 6.07) is 9.09. The minimum atomic E-state index is 0.204. The summed E-state index contributed by atoms with van der Waals surface area (Å²) in [5.41, 5.74) is 7.56. The third kappa shape index (κ3) is 8.96. The van der Waals surface area contributed by atoms with Crippen molar-refractivity contribution in [1.29, 1.82) is 0 Å². The summed E-state index contributed by atoms with van der Waals surface area (Å²) in [5, 5.41) is 0. The fourth-order valence-corrected chi connectivity index (χ4v) is 6.32. The normalized spacial score (nSPS) is 28.8. The highest BCUT2D eigenvalue weighted by Crippen LogP contribution is 2.33. The lowest BCUT2D eigenvalue weighted by Gasteiger charge is -2.25. The van der Waals surface area contributed by atoms with Gasteiger partial charge in [0, 0.05) is 44.8 Å². The molecule has 45 heavy (non-hydrogen) atoms. The van der Waals surface area contributed by atoms with Gasteiger partial charge in [-0.25, -0.2) is 0 Å². The molecule has 0 N–H and O–H groups in total. The largest absolute Gasteiger partial charge is 0.491 e. The van der Waals surface area contributed by atoms with Gasteiger partial charge < -0.3 is 37.9 Å². The zero-order valence-corrected chi connectivity index (χ0v) is 26.5. The van der Waals surface area contributed by atoms with Gasteiger partial charge in [0.25, 0.3) is 0 Å². The van der Waals surface area contributed by atoms with E-state index >= 15 is 0 Å². The van der Waals surface area contributed by atoms with Crippen LogP contribution in [0.15, 0.2) is 24.3 Å². The number of rotatable bonds is 20. The predicted molar refractivity (Wildman–Crippen MR) is 165 cm³/mol. The molecule has 10 heteroatoms. The van der Waals surface area contributed by atoms with Crippen LogP contribution in [-0.2, 0) is 47.9 Å². The van der Waals surface area contributed by atoms with Gasteiger partial charge in [-0.3, -0.25) is 9.80 Å². The Kier molecular flexibility index (Phi) is 8.74. The van der Waals surface area contributed by atoms with Crippen molar-refractivity contribution in [3.63, 3.8) is 0 Å². The van der Waals surface area contributed by atoms with Crippen LogP contribution in [0, 0.1) is 13.8 Å². The Morgan fingerprint density at radius 1 is 0.578 bits per heavy atom. The fourth-order valence-electron chi connectivity index (χ4n) is 6.32. The molecule has 2 aromatic rings. The fraction of sp³-hybridized carbons (Fsp3) is 0.657. The van der Waals surface area contributed by atoms with Crippen molar-refractivity contribution in [2.45, 2.75) is 70.0 Å². The maximum Gasteiger partial charge on any atom is 0.126 e.